The van der Waals surface area contributed by atoms with Gasteiger partial charge in [0, 0.05) is 6.04 Å². The highest BCUT2D eigenvalue weighted by Crippen LogP contribution is 2.43. The molecule has 0 aromatic carbocycles. The highest BCUT2D eigenvalue weighted by Gasteiger charge is 2.36. The zero-order valence-electron chi connectivity index (χ0n) is 11.0. The van der Waals surface area contributed by atoms with Crippen LogP contribution in [0.15, 0.2) is 0 Å². The summed E-state index contributed by atoms with van der Waals surface area (Å²) >= 11 is 0. The molecule has 2 N–H and O–H groups in total. The lowest BCUT2D eigenvalue weighted by Crippen LogP contribution is -2.42. The van der Waals surface area contributed by atoms with Crippen LogP contribution in [0.3, 0.4) is 0 Å². The Morgan fingerprint density at radius 2 is 2.06 bits per heavy atom. The molecule has 1 unspecified atom stereocenters. The average molecular weight is 224 g/mol. The van der Waals surface area contributed by atoms with E-state index in [4.69, 9.17) is 5.73 Å². The smallest absolute Gasteiger partial charge is 0.0119 e. The second-order valence-electron chi connectivity index (χ2n) is 6.30. The number of likely N-dealkylation sites (tertiary alicyclic amines) is 1. The molecule has 0 amide bonds. The molecular formula is C14H28N2. The van der Waals surface area contributed by atoms with Gasteiger partial charge in [-0.2, -0.15) is 0 Å². The van der Waals surface area contributed by atoms with Gasteiger partial charge in [0.05, 0.1) is 0 Å². The Morgan fingerprint density at radius 1 is 1.31 bits per heavy atom. The first-order chi connectivity index (χ1) is 7.67. The van der Waals surface area contributed by atoms with E-state index < -0.39 is 0 Å². The van der Waals surface area contributed by atoms with Gasteiger partial charge in [-0.05, 0) is 63.1 Å². The van der Waals surface area contributed by atoms with Gasteiger partial charge < -0.3 is 10.6 Å². The first-order valence-corrected chi connectivity index (χ1v) is 7.11. The lowest BCUT2D eigenvalue weighted by atomic mass is 9.66. The fourth-order valence-corrected chi connectivity index (χ4v) is 3.50. The summed E-state index contributed by atoms with van der Waals surface area (Å²) in [6.45, 7) is 8.26. The monoisotopic (exact) mass is 224 g/mol. The molecule has 1 aliphatic heterocycles. The molecule has 1 aliphatic carbocycles. The largest absolute Gasteiger partial charge is 0.330 e. The summed E-state index contributed by atoms with van der Waals surface area (Å²) in [6.07, 6.45) is 8.32. The van der Waals surface area contributed by atoms with Gasteiger partial charge >= 0.3 is 0 Å². The van der Waals surface area contributed by atoms with E-state index in [0.29, 0.717) is 5.41 Å². The average Bonchev–Trinajstić information content (AvgIpc) is 2.65. The van der Waals surface area contributed by atoms with Gasteiger partial charge in [0.15, 0.2) is 0 Å². The first-order valence-electron chi connectivity index (χ1n) is 7.11. The summed E-state index contributed by atoms with van der Waals surface area (Å²) in [7, 11) is 0. The second-order valence-corrected chi connectivity index (χ2v) is 6.30. The highest BCUT2D eigenvalue weighted by molar-refractivity contribution is 4.91. The molecule has 1 heterocycles. The standard InChI is InChI=1S/C14H28N2/c1-12(2)13-5-3-9-16(13)10-8-14(11-15)6-4-7-14/h12-13H,3-11,15H2,1-2H3. The predicted octanol–water partition coefficient (Wildman–Crippen LogP) is 2.63. The molecule has 2 nitrogen and oxygen atoms in total. The van der Waals surface area contributed by atoms with Crippen LogP contribution in [-0.4, -0.2) is 30.6 Å². The minimum Gasteiger partial charge on any atom is -0.330 e. The second kappa shape index (κ2) is 5.05. The lowest BCUT2D eigenvalue weighted by Gasteiger charge is -2.42. The van der Waals surface area contributed by atoms with Crippen LogP contribution in [-0.2, 0) is 0 Å². The van der Waals surface area contributed by atoms with Crippen molar-refractivity contribution in [3.8, 4) is 0 Å². The Labute approximate surface area is 101 Å². The molecule has 0 spiro atoms. The van der Waals surface area contributed by atoms with Crippen molar-refractivity contribution in [3.63, 3.8) is 0 Å². The van der Waals surface area contributed by atoms with Crippen LogP contribution in [0, 0.1) is 11.3 Å². The van der Waals surface area contributed by atoms with Crippen molar-refractivity contribution in [2.24, 2.45) is 17.1 Å². The minimum absolute atomic E-state index is 0.532. The van der Waals surface area contributed by atoms with Crippen LogP contribution in [0.25, 0.3) is 0 Å². The summed E-state index contributed by atoms with van der Waals surface area (Å²) in [4.78, 5) is 2.72. The zero-order valence-corrected chi connectivity index (χ0v) is 11.0. The van der Waals surface area contributed by atoms with Crippen molar-refractivity contribution in [3.05, 3.63) is 0 Å². The molecule has 0 bridgehead atoms. The minimum atomic E-state index is 0.532. The molecule has 1 saturated heterocycles. The Hall–Kier alpha value is -0.0800. The quantitative estimate of drug-likeness (QED) is 0.778. The van der Waals surface area contributed by atoms with E-state index in [2.05, 4.69) is 18.7 Å². The Morgan fingerprint density at radius 3 is 2.56 bits per heavy atom. The van der Waals surface area contributed by atoms with Gasteiger partial charge in [-0.25, -0.2) is 0 Å². The molecule has 0 aromatic heterocycles. The van der Waals surface area contributed by atoms with Gasteiger partial charge in [-0.1, -0.05) is 20.3 Å². The van der Waals surface area contributed by atoms with E-state index >= 15 is 0 Å². The summed E-state index contributed by atoms with van der Waals surface area (Å²) in [5.41, 5.74) is 6.46. The van der Waals surface area contributed by atoms with Crippen molar-refractivity contribution in [1.29, 1.82) is 0 Å². The van der Waals surface area contributed by atoms with E-state index in [9.17, 15) is 0 Å². The Balaban J connectivity index is 1.80. The molecule has 2 rings (SSSR count). The van der Waals surface area contributed by atoms with E-state index in [-0.39, 0.29) is 0 Å². The van der Waals surface area contributed by atoms with Crippen molar-refractivity contribution >= 4 is 0 Å². The SMILES string of the molecule is CC(C)C1CCCN1CCC1(CN)CCC1. The van der Waals surface area contributed by atoms with E-state index in [1.807, 2.05) is 0 Å². The summed E-state index contributed by atoms with van der Waals surface area (Å²) in [5, 5.41) is 0. The molecular weight excluding hydrogens is 196 g/mol. The predicted molar refractivity (Wildman–Crippen MR) is 69.4 cm³/mol. The molecule has 1 saturated carbocycles. The van der Waals surface area contributed by atoms with Gasteiger partial charge in [-0.15, -0.1) is 0 Å². The molecule has 1 atom stereocenters. The van der Waals surface area contributed by atoms with Gasteiger partial charge in [-0.3, -0.25) is 0 Å². The van der Waals surface area contributed by atoms with Crippen LogP contribution >= 0.6 is 0 Å². The Bertz CT molecular complexity index is 215. The summed E-state index contributed by atoms with van der Waals surface area (Å²) < 4.78 is 0. The molecule has 2 aliphatic rings. The van der Waals surface area contributed by atoms with Crippen molar-refractivity contribution in [2.75, 3.05) is 19.6 Å². The summed E-state index contributed by atoms with van der Waals surface area (Å²) in [6, 6.07) is 0.843. The number of nitrogens with two attached hydrogens (primary N) is 1. The van der Waals surface area contributed by atoms with Gasteiger partial charge in [0.2, 0.25) is 0 Å². The van der Waals surface area contributed by atoms with Crippen LogP contribution in [0.5, 0.6) is 0 Å². The molecule has 0 aromatic rings. The first kappa shape index (κ1) is 12.4. The maximum absolute atomic E-state index is 5.93. The van der Waals surface area contributed by atoms with Crippen LogP contribution < -0.4 is 5.73 Å². The zero-order chi connectivity index (χ0) is 11.6. The number of hydrogen-bond donors (Lipinski definition) is 1. The maximum Gasteiger partial charge on any atom is 0.0119 e. The van der Waals surface area contributed by atoms with E-state index in [1.165, 1.54) is 51.6 Å². The topological polar surface area (TPSA) is 29.3 Å². The molecule has 2 heteroatoms. The molecule has 94 valence electrons. The fraction of sp³-hybridized carbons (Fsp3) is 1.00. The van der Waals surface area contributed by atoms with Crippen molar-refractivity contribution < 1.29 is 0 Å². The van der Waals surface area contributed by atoms with Gasteiger partial charge in [0.25, 0.3) is 0 Å². The van der Waals surface area contributed by atoms with Crippen molar-refractivity contribution in [2.45, 2.75) is 58.4 Å². The molecule has 16 heavy (non-hydrogen) atoms. The maximum atomic E-state index is 5.93. The third-order valence-electron chi connectivity index (χ3n) is 4.96. The van der Waals surface area contributed by atoms with E-state index in [1.54, 1.807) is 0 Å². The lowest BCUT2D eigenvalue weighted by molar-refractivity contribution is 0.0955. The highest BCUT2D eigenvalue weighted by atomic mass is 15.2. The molecule has 0 radical (unpaired) electrons. The number of hydrogen-bond acceptors (Lipinski definition) is 2. The number of nitrogens with zero attached hydrogens (tertiary/aromatic N) is 1. The molecule has 2 fully saturated rings. The van der Waals surface area contributed by atoms with Crippen LogP contribution in [0.4, 0.5) is 0 Å². The Kier molecular flexibility index (Phi) is 3.91. The van der Waals surface area contributed by atoms with Crippen LogP contribution in [0.1, 0.15) is 52.4 Å². The third kappa shape index (κ3) is 2.43. The van der Waals surface area contributed by atoms with Crippen molar-refractivity contribution in [1.82, 2.24) is 4.90 Å². The van der Waals surface area contributed by atoms with Gasteiger partial charge in [0.1, 0.15) is 0 Å². The third-order valence-corrected chi connectivity index (χ3v) is 4.96. The summed E-state index contributed by atoms with van der Waals surface area (Å²) in [5.74, 6) is 0.817. The number of rotatable bonds is 5. The normalized spacial score (nSPS) is 29.6. The fourth-order valence-electron chi connectivity index (χ4n) is 3.50. The van der Waals surface area contributed by atoms with E-state index in [0.717, 1.165) is 18.5 Å². The van der Waals surface area contributed by atoms with Crippen LogP contribution in [0.2, 0.25) is 0 Å².